The van der Waals surface area contributed by atoms with Crippen LogP contribution in [0.2, 0.25) is 0 Å². The minimum Gasteiger partial charge on any atom is -0.449 e. The number of carbonyl (C=O) groups is 1. The number of benzene rings is 3. The highest BCUT2D eigenvalue weighted by molar-refractivity contribution is 5.95. The monoisotopic (exact) mass is 482 g/mol. The number of carbonyl (C=O) groups excluding carboxylic acids is 1. The van der Waals surface area contributed by atoms with Gasteiger partial charge in [-0.1, -0.05) is 94.8 Å². The molecule has 0 aliphatic rings. The first-order valence-corrected chi connectivity index (χ1v) is 13.6. The van der Waals surface area contributed by atoms with Crippen molar-refractivity contribution < 1.29 is 13.9 Å². The van der Waals surface area contributed by atoms with E-state index in [1.807, 2.05) is 36.4 Å². The van der Waals surface area contributed by atoms with Crippen molar-refractivity contribution in [2.24, 2.45) is 0 Å². The van der Waals surface area contributed by atoms with Gasteiger partial charge in [0.2, 0.25) is 5.76 Å². The van der Waals surface area contributed by atoms with Crippen LogP contribution >= 0.6 is 0 Å². The molecule has 3 heteroatoms. The second kappa shape index (κ2) is 13.1. The molecule has 0 spiro atoms. The highest BCUT2D eigenvalue weighted by Crippen LogP contribution is 2.28. The van der Waals surface area contributed by atoms with Crippen LogP contribution < -0.4 is 4.74 Å². The van der Waals surface area contributed by atoms with Gasteiger partial charge in [-0.15, -0.1) is 0 Å². The van der Waals surface area contributed by atoms with Crippen molar-refractivity contribution >= 4 is 16.9 Å². The normalized spacial score (nSPS) is 11.2. The third-order valence-electron chi connectivity index (χ3n) is 6.78. The van der Waals surface area contributed by atoms with Crippen LogP contribution in [0.25, 0.3) is 22.1 Å². The smallest absolute Gasteiger partial charge is 0.379 e. The summed E-state index contributed by atoms with van der Waals surface area (Å²) in [6, 6.07) is 24.4. The molecule has 0 radical (unpaired) electrons. The molecule has 188 valence electrons. The minimum atomic E-state index is -0.477. The number of aryl methyl sites for hydroxylation is 2. The van der Waals surface area contributed by atoms with E-state index in [1.165, 1.54) is 62.5 Å². The Kier molecular flexibility index (Phi) is 9.38. The van der Waals surface area contributed by atoms with Crippen molar-refractivity contribution in [2.45, 2.75) is 78.1 Å². The molecule has 0 atom stereocenters. The predicted molar refractivity (Wildman–Crippen MR) is 149 cm³/mol. The third kappa shape index (κ3) is 7.10. The number of hydrogen-bond acceptors (Lipinski definition) is 3. The van der Waals surface area contributed by atoms with Crippen LogP contribution in [-0.4, -0.2) is 5.97 Å². The summed E-state index contributed by atoms with van der Waals surface area (Å²) in [6.07, 6.45) is 12.3. The van der Waals surface area contributed by atoms with Crippen LogP contribution in [0.4, 0.5) is 0 Å². The first kappa shape index (κ1) is 25.8. The fraction of sp³-hybridized carbons (Fsp3) is 0.364. The average Bonchev–Trinajstić information content (AvgIpc) is 3.34. The van der Waals surface area contributed by atoms with Crippen molar-refractivity contribution in [2.75, 3.05) is 0 Å². The molecule has 0 aliphatic carbocycles. The molecule has 4 rings (SSSR count). The van der Waals surface area contributed by atoms with Gasteiger partial charge in [-0.05, 0) is 78.3 Å². The van der Waals surface area contributed by atoms with E-state index in [9.17, 15) is 4.79 Å². The van der Waals surface area contributed by atoms with Gasteiger partial charge in [0.1, 0.15) is 11.3 Å². The van der Waals surface area contributed by atoms with Crippen molar-refractivity contribution in [3.05, 3.63) is 89.7 Å². The van der Waals surface area contributed by atoms with Crippen molar-refractivity contribution in [3.8, 4) is 16.9 Å². The maximum atomic E-state index is 12.7. The van der Waals surface area contributed by atoms with Gasteiger partial charge in [0.15, 0.2) is 0 Å². The van der Waals surface area contributed by atoms with Crippen LogP contribution in [-0.2, 0) is 12.8 Å². The van der Waals surface area contributed by atoms with Gasteiger partial charge >= 0.3 is 5.97 Å². The van der Waals surface area contributed by atoms with Gasteiger partial charge in [0, 0.05) is 5.39 Å². The van der Waals surface area contributed by atoms with Crippen molar-refractivity contribution in [3.63, 3.8) is 0 Å². The molecule has 1 aromatic heterocycles. The van der Waals surface area contributed by atoms with Gasteiger partial charge in [-0.25, -0.2) is 4.79 Å². The molecule has 0 aliphatic heterocycles. The number of fused-ring (bicyclic) bond motifs is 1. The highest BCUT2D eigenvalue weighted by Gasteiger charge is 2.15. The summed E-state index contributed by atoms with van der Waals surface area (Å²) in [5, 5.41) is 0.894. The van der Waals surface area contributed by atoms with Crippen molar-refractivity contribution in [1.29, 1.82) is 0 Å². The Morgan fingerprint density at radius 3 is 1.94 bits per heavy atom. The molecule has 0 bridgehead atoms. The Balaban J connectivity index is 1.37. The zero-order valence-corrected chi connectivity index (χ0v) is 21.7. The fourth-order valence-corrected chi connectivity index (χ4v) is 4.58. The van der Waals surface area contributed by atoms with Crippen LogP contribution in [0.15, 0.2) is 77.2 Å². The molecular weight excluding hydrogens is 444 g/mol. The quantitative estimate of drug-likeness (QED) is 0.108. The van der Waals surface area contributed by atoms with E-state index in [2.05, 4.69) is 44.2 Å². The van der Waals surface area contributed by atoms with Gasteiger partial charge in [0.25, 0.3) is 0 Å². The summed E-state index contributed by atoms with van der Waals surface area (Å²) in [5.74, 6) is 0.271. The molecule has 3 aromatic carbocycles. The van der Waals surface area contributed by atoms with E-state index in [1.54, 1.807) is 6.07 Å². The molecule has 1 heterocycles. The second-order valence-corrected chi connectivity index (χ2v) is 9.71. The van der Waals surface area contributed by atoms with E-state index in [4.69, 9.17) is 9.15 Å². The fourth-order valence-electron chi connectivity index (χ4n) is 4.58. The molecule has 3 nitrogen and oxygen atoms in total. The van der Waals surface area contributed by atoms with Crippen LogP contribution in [0, 0.1) is 0 Å². The molecular formula is C33H38O3. The summed E-state index contributed by atoms with van der Waals surface area (Å²) < 4.78 is 11.4. The summed E-state index contributed by atoms with van der Waals surface area (Å²) >= 11 is 0. The number of furan rings is 1. The zero-order valence-electron chi connectivity index (χ0n) is 21.7. The molecule has 36 heavy (non-hydrogen) atoms. The Hall–Kier alpha value is -3.33. The number of unbranched alkanes of at least 4 members (excludes halogenated alkanes) is 6. The minimum absolute atomic E-state index is 0.215. The lowest BCUT2D eigenvalue weighted by molar-refractivity contribution is 0.0704. The Labute approximate surface area is 215 Å². The Morgan fingerprint density at radius 2 is 1.25 bits per heavy atom. The van der Waals surface area contributed by atoms with E-state index in [0.29, 0.717) is 11.3 Å². The molecule has 0 amide bonds. The summed E-state index contributed by atoms with van der Waals surface area (Å²) in [6.45, 7) is 4.45. The van der Waals surface area contributed by atoms with Crippen LogP contribution in [0.1, 0.15) is 86.9 Å². The zero-order chi connectivity index (χ0) is 25.2. The topological polar surface area (TPSA) is 39.4 Å². The molecule has 4 aromatic rings. The average molecular weight is 483 g/mol. The maximum absolute atomic E-state index is 12.7. The number of hydrogen-bond donors (Lipinski definition) is 0. The third-order valence-corrected chi connectivity index (χ3v) is 6.78. The van der Waals surface area contributed by atoms with Gasteiger partial charge < -0.3 is 9.15 Å². The van der Waals surface area contributed by atoms with E-state index in [0.717, 1.165) is 29.4 Å². The molecule has 0 saturated carbocycles. The number of ether oxygens (including phenoxy) is 1. The first-order valence-electron chi connectivity index (χ1n) is 13.6. The van der Waals surface area contributed by atoms with E-state index in [-0.39, 0.29) is 5.76 Å². The standard InChI is InChI=1S/C33H38O3/c1-3-5-7-8-10-12-25-13-17-27(18-14-25)28-19-22-31-29(23-28)24-32(36-31)33(34)35-30-20-15-26(16-21-30)11-9-6-4-2/h13-24H,3-12H2,1-2H3. The van der Waals surface area contributed by atoms with Gasteiger partial charge in [0.05, 0.1) is 0 Å². The summed E-state index contributed by atoms with van der Waals surface area (Å²) in [5.41, 5.74) is 5.60. The summed E-state index contributed by atoms with van der Waals surface area (Å²) in [7, 11) is 0. The first-order chi connectivity index (χ1) is 17.7. The van der Waals surface area contributed by atoms with Gasteiger partial charge in [-0.2, -0.15) is 0 Å². The number of rotatable bonds is 13. The molecule has 0 saturated heterocycles. The lowest BCUT2D eigenvalue weighted by atomic mass is 10.00. The lowest BCUT2D eigenvalue weighted by Crippen LogP contribution is -2.07. The summed E-state index contributed by atoms with van der Waals surface area (Å²) in [4.78, 5) is 12.7. The Bertz CT molecular complexity index is 1230. The van der Waals surface area contributed by atoms with Crippen LogP contribution in [0.3, 0.4) is 0 Å². The van der Waals surface area contributed by atoms with E-state index >= 15 is 0 Å². The van der Waals surface area contributed by atoms with Crippen molar-refractivity contribution in [1.82, 2.24) is 0 Å². The molecule has 0 N–H and O–H groups in total. The molecule has 0 fully saturated rings. The lowest BCUT2D eigenvalue weighted by Gasteiger charge is -2.05. The molecule has 0 unspecified atom stereocenters. The number of esters is 1. The van der Waals surface area contributed by atoms with Gasteiger partial charge in [-0.3, -0.25) is 0 Å². The maximum Gasteiger partial charge on any atom is 0.379 e. The highest BCUT2D eigenvalue weighted by atomic mass is 16.5. The Morgan fingerprint density at radius 1 is 0.667 bits per heavy atom. The SMILES string of the molecule is CCCCCCCc1ccc(-c2ccc3oc(C(=O)Oc4ccc(CCCCC)cc4)cc3c2)cc1. The largest absolute Gasteiger partial charge is 0.449 e. The van der Waals surface area contributed by atoms with E-state index < -0.39 is 5.97 Å². The van der Waals surface area contributed by atoms with Crippen LogP contribution in [0.5, 0.6) is 5.75 Å². The predicted octanol–water partition coefficient (Wildman–Crippen LogP) is 9.56. The second-order valence-electron chi connectivity index (χ2n) is 9.71.